The normalized spacial score (nSPS) is 11.9. The maximum Gasteiger partial charge on any atom is 0.265 e. The van der Waals surface area contributed by atoms with Gasteiger partial charge in [-0.15, -0.1) is 0 Å². The monoisotopic (exact) mass is 347 g/mol. The van der Waals surface area contributed by atoms with Crippen LogP contribution in [-0.2, 0) is 4.79 Å². The zero-order chi connectivity index (χ0) is 17.5. The second-order valence-corrected chi connectivity index (χ2v) is 6.09. The first-order valence-corrected chi connectivity index (χ1v) is 8.35. The number of anilines is 1. The molecule has 128 valence electrons. The fourth-order valence-corrected chi connectivity index (χ4v) is 2.32. The van der Waals surface area contributed by atoms with Crippen molar-refractivity contribution in [3.05, 3.63) is 53.6 Å². The summed E-state index contributed by atoms with van der Waals surface area (Å²) in [6.07, 6.45) is 0.0726. The van der Waals surface area contributed by atoms with Crippen LogP contribution in [0.4, 0.5) is 5.69 Å². The lowest BCUT2D eigenvalue weighted by Gasteiger charge is -2.17. The van der Waals surface area contributed by atoms with E-state index in [9.17, 15) is 4.79 Å². The van der Waals surface area contributed by atoms with E-state index in [1.807, 2.05) is 45.0 Å². The van der Waals surface area contributed by atoms with Crippen molar-refractivity contribution in [2.24, 2.45) is 0 Å². The van der Waals surface area contributed by atoms with Crippen LogP contribution in [0.25, 0.3) is 0 Å². The second kappa shape index (κ2) is 8.60. The molecule has 0 aromatic heterocycles. The fourth-order valence-electron chi connectivity index (χ4n) is 2.14. The van der Waals surface area contributed by atoms with E-state index in [1.165, 1.54) is 0 Å². The average Bonchev–Trinajstić information content (AvgIpc) is 2.54. The molecule has 0 aliphatic carbocycles. The highest BCUT2D eigenvalue weighted by Crippen LogP contribution is 2.21. The third-order valence-corrected chi connectivity index (χ3v) is 3.47. The minimum atomic E-state index is -0.588. The molecule has 5 heteroatoms. The van der Waals surface area contributed by atoms with Gasteiger partial charge >= 0.3 is 0 Å². The highest BCUT2D eigenvalue weighted by molar-refractivity contribution is 6.30. The summed E-state index contributed by atoms with van der Waals surface area (Å²) in [6, 6.07) is 14.3. The van der Waals surface area contributed by atoms with Gasteiger partial charge in [-0.1, -0.05) is 24.6 Å². The van der Waals surface area contributed by atoms with Crippen LogP contribution in [-0.4, -0.2) is 18.1 Å². The van der Waals surface area contributed by atoms with Crippen molar-refractivity contribution >= 4 is 23.2 Å². The molecule has 0 aliphatic heterocycles. The standard InChI is InChI=1S/C19H22ClNO3/c1-4-18(24-17-7-5-6-14(20)12-17)19(22)21-15-8-10-16(11-9-15)23-13(2)3/h5-13,18H,4H2,1-3H3,(H,21,22). The number of amides is 1. The molecule has 1 N–H and O–H groups in total. The molecule has 0 heterocycles. The minimum Gasteiger partial charge on any atom is -0.491 e. The first kappa shape index (κ1) is 18.1. The summed E-state index contributed by atoms with van der Waals surface area (Å²) in [7, 11) is 0. The summed E-state index contributed by atoms with van der Waals surface area (Å²) in [6.45, 7) is 5.83. The smallest absolute Gasteiger partial charge is 0.265 e. The molecule has 0 radical (unpaired) electrons. The van der Waals surface area contributed by atoms with Gasteiger partial charge in [0.15, 0.2) is 6.10 Å². The molecule has 4 nitrogen and oxygen atoms in total. The molecule has 0 spiro atoms. The molecule has 0 fully saturated rings. The Morgan fingerprint density at radius 2 is 1.79 bits per heavy atom. The second-order valence-electron chi connectivity index (χ2n) is 5.65. The largest absolute Gasteiger partial charge is 0.491 e. The maximum atomic E-state index is 12.4. The molecule has 1 atom stereocenters. The van der Waals surface area contributed by atoms with Crippen LogP contribution in [0, 0.1) is 0 Å². The molecule has 2 aromatic rings. The molecule has 2 rings (SSSR count). The molecule has 0 aliphatic rings. The molecule has 0 saturated heterocycles. The van der Waals surface area contributed by atoms with Crippen molar-refractivity contribution in [3.8, 4) is 11.5 Å². The number of hydrogen-bond acceptors (Lipinski definition) is 3. The first-order valence-electron chi connectivity index (χ1n) is 7.97. The van der Waals surface area contributed by atoms with Crippen molar-refractivity contribution < 1.29 is 14.3 Å². The Hall–Kier alpha value is -2.20. The Kier molecular flexibility index (Phi) is 6.50. The van der Waals surface area contributed by atoms with Crippen molar-refractivity contribution in [2.45, 2.75) is 39.4 Å². The Morgan fingerprint density at radius 1 is 1.08 bits per heavy atom. The molecular formula is C19H22ClNO3. The molecule has 1 amide bonds. The summed E-state index contributed by atoms with van der Waals surface area (Å²) in [5.74, 6) is 1.14. The number of carbonyl (C=O) groups excluding carboxylic acids is 1. The lowest BCUT2D eigenvalue weighted by Crippen LogP contribution is -2.32. The van der Waals surface area contributed by atoms with E-state index >= 15 is 0 Å². The molecular weight excluding hydrogens is 326 g/mol. The van der Waals surface area contributed by atoms with Crippen molar-refractivity contribution in [1.82, 2.24) is 0 Å². The number of hydrogen-bond donors (Lipinski definition) is 1. The van der Waals surface area contributed by atoms with Gasteiger partial charge < -0.3 is 14.8 Å². The van der Waals surface area contributed by atoms with Gasteiger partial charge in [0, 0.05) is 10.7 Å². The lowest BCUT2D eigenvalue weighted by atomic mass is 10.2. The van der Waals surface area contributed by atoms with Crippen LogP contribution >= 0.6 is 11.6 Å². The van der Waals surface area contributed by atoms with E-state index in [2.05, 4.69) is 5.32 Å². The Labute approximate surface area is 147 Å². The molecule has 0 bridgehead atoms. The predicted octanol–water partition coefficient (Wildman–Crippen LogP) is 4.92. The SMILES string of the molecule is CCC(Oc1cccc(Cl)c1)C(=O)Nc1ccc(OC(C)C)cc1. The fraction of sp³-hybridized carbons (Fsp3) is 0.316. The zero-order valence-corrected chi connectivity index (χ0v) is 14.8. The van der Waals surface area contributed by atoms with Gasteiger partial charge in [-0.3, -0.25) is 4.79 Å². The van der Waals surface area contributed by atoms with E-state index < -0.39 is 6.10 Å². The van der Waals surface area contributed by atoms with Gasteiger partial charge in [0.1, 0.15) is 11.5 Å². The van der Waals surface area contributed by atoms with Gasteiger partial charge in [0.2, 0.25) is 0 Å². The summed E-state index contributed by atoms with van der Waals surface area (Å²) >= 11 is 5.94. The summed E-state index contributed by atoms with van der Waals surface area (Å²) in [5.41, 5.74) is 0.698. The van der Waals surface area contributed by atoms with Crippen molar-refractivity contribution in [2.75, 3.05) is 5.32 Å². The van der Waals surface area contributed by atoms with Crippen LogP contribution in [0.15, 0.2) is 48.5 Å². The van der Waals surface area contributed by atoms with E-state index in [0.29, 0.717) is 22.9 Å². The molecule has 1 unspecified atom stereocenters. The average molecular weight is 348 g/mol. The minimum absolute atomic E-state index is 0.112. The molecule has 2 aromatic carbocycles. The highest BCUT2D eigenvalue weighted by Gasteiger charge is 2.18. The third-order valence-electron chi connectivity index (χ3n) is 3.23. The number of halogens is 1. The Balaban J connectivity index is 1.98. The summed E-state index contributed by atoms with van der Waals surface area (Å²) in [5, 5.41) is 3.43. The van der Waals surface area contributed by atoms with Gasteiger partial charge in [-0.2, -0.15) is 0 Å². The number of benzene rings is 2. The Morgan fingerprint density at radius 3 is 2.38 bits per heavy atom. The Bertz CT molecular complexity index is 671. The number of rotatable bonds is 7. The number of carbonyl (C=O) groups is 1. The first-order chi connectivity index (χ1) is 11.5. The highest BCUT2D eigenvalue weighted by atomic mass is 35.5. The van der Waals surface area contributed by atoms with Crippen molar-refractivity contribution in [3.63, 3.8) is 0 Å². The van der Waals surface area contributed by atoms with Gasteiger partial charge in [-0.25, -0.2) is 0 Å². The lowest BCUT2D eigenvalue weighted by molar-refractivity contribution is -0.122. The van der Waals surface area contributed by atoms with Gasteiger partial charge in [-0.05, 0) is 62.7 Å². The number of ether oxygens (including phenoxy) is 2. The van der Waals surface area contributed by atoms with E-state index in [1.54, 1.807) is 24.3 Å². The van der Waals surface area contributed by atoms with Crippen LogP contribution in [0.3, 0.4) is 0 Å². The number of nitrogens with one attached hydrogen (secondary N) is 1. The summed E-state index contributed by atoms with van der Waals surface area (Å²) in [4.78, 5) is 12.4. The van der Waals surface area contributed by atoms with Crippen molar-refractivity contribution in [1.29, 1.82) is 0 Å². The summed E-state index contributed by atoms with van der Waals surface area (Å²) < 4.78 is 11.3. The van der Waals surface area contributed by atoms with Crippen LogP contribution in [0.5, 0.6) is 11.5 Å². The van der Waals surface area contributed by atoms with Gasteiger partial charge in [0.05, 0.1) is 6.10 Å². The van der Waals surface area contributed by atoms with E-state index in [0.717, 1.165) is 5.75 Å². The molecule has 0 saturated carbocycles. The topological polar surface area (TPSA) is 47.6 Å². The zero-order valence-electron chi connectivity index (χ0n) is 14.1. The van der Waals surface area contributed by atoms with E-state index in [-0.39, 0.29) is 12.0 Å². The van der Waals surface area contributed by atoms with E-state index in [4.69, 9.17) is 21.1 Å². The van der Waals surface area contributed by atoms with Crippen LogP contribution in [0.2, 0.25) is 5.02 Å². The van der Waals surface area contributed by atoms with Gasteiger partial charge in [0.25, 0.3) is 5.91 Å². The quantitative estimate of drug-likeness (QED) is 0.773. The maximum absolute atomic E-state index is 12.4. The van der Waals surface area contributed by atoms with Crippen LogP contribution in [0.1, 0.15) is 27.2 Å². The predicted molar refractivity (Wildman–Crippen MR) is 97.0 cm³/mol. The molecule has 24 heavy (non-hydrogen) atoms. The third kappa shape index (κ3) is 5.46. The van der Waals surface area contributed by atoms with Crippen LogP contribution < -0.4 is 14.8 Å².